The number of likely N-dealkylation sites (tertiary alicyclic amines) is 1. The summed E-state index contributed by atoms with van der Waals surface area (Å²) in [6.45, 7) is 4.70. The van der Waals surface area contributed by atoms with Gasteiger partial charge in [0.25, 0.3) is 11.8 Å². The van der Waals surface area contributed by atoms with Crippen LogP contribution in [0.4, 0.5) is 0 Å². The lowest BCUT2D eigenvalue weighted by molar-refractivity contribution is -0.130. The summed E-state index contributed by atoms with van der Waals surface area (Å²) >= 11 is 0. The molecule has 1 saturated heterocycles. The van der Waals surface area contributed by atoms with Crippen LogP contribution in [0.3, 0.4) is 0 Å². The minimum atomic E-state index is -0.458. The Balaban J connectivity index is 1.37. The van der Waals surface area contributed by atoms with Gasteiger partial charge in [-0.2, -0.15) is 5.10 Å². The first-order chi connectivity index (χ1) is 19.7. The second-order valence-corrected chi connectivity index (χ2v) is 10.4. The molecule has 3 aliphatic rings. The van der Waals surface area contributed by atoms with Gasteiger partial charge in [-0.15, -0.1) is 0 Å². The van der Waals surface area contributed by atoms with Crippen molar-refractivity contribution in [3.63, 3.8) is 0 Å². The molecule has 3 aromatic rings. The van der Waals surface area contributed by atoms with E-state index in [1.807, 2.05) is 49.8 Å². The summed E-state index contributed by atoms with van der Waals surface area (Å²) in [7, 11) is 3.39. The van der Waals surface area contributed by atoms with Crippen molar-refractivity contribution in [2.45, 2.75) is 45.4 Å². The third-order valence-corrected chi connectivity index (χ3v) is 7.67. The van der Waals surface area contributed by atoms with Crippen LogP contribution in [0.15, 0.2) is 42.5 Å². The van der Waals surface area contributed by atoms with Crippen molar-refractivity contribution in [3.05, 3.63) is 70.5 Å². The quantitative estimate of drug-likeness (QED) is 0.500. The van der Waals surface area contributed by atoms with E-state index < -0.39 is 12.1 Å². The number of rotatable bonds is 4. The van der Waals surface area contributed by atoms with Crippen LogP contribution in [0, 0.1) is 13.8 Å². The molecule has 2 N–H and O–H groups in total. The zero-order chi connectivity index (χ0) is 29.1. The Morgan fingerprint density at radius 2 is 1.90 bits per heavy atom. The number of nitrogens with one attached hydrogen (secondary N) is 2. The first-order valence-electron chi connectivity index (χ1n) is 13.6. The summed E-state index contributed by atoms with van der Waals surface area (Å²) in [5.41, 5.74) is 4.29. The van der Waals surface area contributed by atoms with E-state index >= 15 is 0 Å². The third-order valence-electron chi connectivity index (χ3n) is 7.67. The molecule has 1 fully saturated rings. The second-order valence-electron chi connectivity index (χ2n) is 10.4. The highest BCUT2D eigenvalue weighted by Gasteiger charge is 2.38. The maximum Gasteiger partial charge on any atom is 0.258 e. The molecule has 0 aliphatic carbocycles. The Labute approximate surface area is 238 Å². The van der Waals surface area contributed by atoms with Crippen molar-refractivity contribution < 1.29 is 28.6 Å². The highest BCUT2D eigenvalue weighted by Crippen LogP contribution is 2.29. The molecular weight excluding hydrogens is 526 g/mol. The van der Waals surface area contributed by atoms with Crippen molar-refractivity contribution in [1.82, 2.24) is 25.3 Å². The molecule has 11 nitrogen and oxygen atoms in total. The van der Waals surface area contributed by atoms with Crippen LogP contribution >= 0.6 is 0 Å². The van der Waals surface area contributed by atoms with Gasteiger partial charge in [-0.3, -0.25) is 19.1 Å². The predicted octanol–water partition coefficient (Wildman–Crippen LogP) is 2.08. The number of aryl methyl sites for hydroxylation is 2. The Bertz CT molecular complexity index is 1450. The summed E-state index contributed by atoms with van der Waals surface area (Å²) in [5, 5.41) is 10.3. The zero-order valence-corrected chi connectivity index (χ0v) is 23.7. The van der Waals surface area contributed by atoms with Crippen molar-refractivity contribution in [2.75, 3.05) is 26.8 Å². The van der Waals surface area contributed by atoms with E-state index in [-0.39, 0.29) is 30.1 Å². The molecule has 11 heteroatoms. The topological polar surface area (TPSA) is 124 Å². The predicted molar refractivity (Wildman–Crippen MR) is 150 cm³/mol. The number of carbonyl (C=O) groups is 3. The van der Waals surface area contributed by atoms with Crippen LogP contribution in [-0.4, -0.2) is 71.4 Å². The van der Waals surface area contributed by atoms with E-state index in [1.54, 1.807) is 23.1 Å². The van der Waals surface area contributed by atoms with Crippen molar-refractivity contribution in [2.24, 2.45) is 7.05 Å². The van der Waals surface area contributed by atoms with Gasteiger partial charge in [0.05, 0.1) is 25.4 Å². The molecule has 2 aromatic carbocycles. The summed E-state index contributed by atoms with van der Waals surface area (Å²) in [6.07, 6.45) is 0.469. The molecule has 0 radical (unpaired) electrons. The molecule has 41 heavy (non-hydrogen) atoms. The molecule has 6 rings (SSSR count). The maximum atomic E-state index is 13.4. The summed E-state index contributed by atoms with van der Waals surface area (Å²) < 4.78 is 19.2. The van der Waals surface area contributed by atoms with Gasteiger partial charge in [0, 0.05) is 37.8 Å². The second kappa shape index (κ2) is 11.9. The van der Waals surface area contributed by atoms with Gasteiger partial charge >= 0.3 is 0 Å². The Hall–Kier alpha value is -4.54. The van der Waals surface area contributed by atoms with Crippen molar-refractivity contribution in [1.29, 1.82) is 0 Å². The van der Waals surface area contributed by atoms with E-state index in [2.05, 4.69) is 15.7 Å². The normalized spacial score (nSPS) is 19.0. The molecule has 216 valence electrons. The Kier molecular flexibility index (Phi) is 8.14. The number of aromatic nitrogens is 2. The molecule has 0 unspecified atom stereocenters. The molecule has 3 amide bonds. The summed E-state index contributed by atoms with van der Waals surface area (Å²) in [6, 6.07) is 11.7. The highest BCUT2D eigenvalue weighted by molar-refractivity contribution is 5.95. The Morgan fingerprint density at radius 3 is 2.61 bits per heavy atom. The minimum absolute atomic E-state index is 0.00799. The number of amides is 3. The largest absolute Gasteiger partial charge is 0.493 e. The van der Waals surface area contributed by atoms with Crippen LogP contribution in [0.2, 0.25) is 0 Å². The van der Waals surface area contributed by atoms with Gasteiger partial charge in [-0.05, 0) is 61.7 Å². The van der Waals surface area contributed by atoms with Crippen LogP contribution < -0.4 is 24.8 Å². The van der Waals surface area contributed by atoms with Crippen molar-refractivity contribution in [3.8, 4) is 17.2 Å². The number of fused-ring (bicyclic) bond motifs is 7. The minimum Gasteiger partial charge on any atom is -0.493 e. The average Bonchev–Trinajstić information content (AvgIpc) is 3.47. The molecule has 2 atom stereocenters. The van der Waals surface area contributed by atoms with Gasteiger partial charge in [0.15, 0.2) is 18.1 Å². The van der Waals surface area contributed by atoms with E-state index in [0.717, 1.165) is 22.5 Å². The van der Waals surface area contributed by atoms with Crippen LogP contribution in [-0.2, 0) is 29.6 Å². The smallest absolute Gasteiger partial charge is 0.258 e. The molecule has 0 spiro atoms. The number of benzene rings is 2. The van der Waals surface area contributed by atoms with E-state index in [0.29, 0.717) is 49.5 Å². The lowest BCUT2D eigenvalue weighted by Gasteiger charge is -2.21. The average molecular weight is 562 g/mol. The third kappa shape index (κ3) is 6.29. The molecule has 0 saturated carbocycles. The molecule has 1 aromatic heterocycles. The molecular formula is C30H35N5O6. The lowest BCUT2D eigenvalue weighted by Crippen LogP contribution is -2.45. The van der Waals surface area contributed by atoms with Gasteiger partial charge < -0.3 is 29.7 Å². The monoisotopic (exact) mass is 561 g/mol. The SMILES string of the molecule is COc1ccc2cc1OCC(=O)NCc1ccc(cc1)O[C@H]1CN(C(=O)CCc3c(C)nn(C)c3C)C[C@@H]1NC2=O. The van der Waals surface area contributed by atoms with Crippen LogP contribution in [0.5, 0.6) is 17.2 Å². The fourth-order valence-corrected chi connectivity index (χ4v) is 5.24. The zero-order valence-electron chi connectivity index (χ0n) is 23.7. The number of nitrogens with zero attached hydrogens (tertiary/aromatic N) is 3. The number of hydrogen-bond donors (Lipinski definition) is 2. The van der Waals surface area contributed by atoms with E-state index in [4.69, 9.17) is 14.2 Å². The van der Waals surface area contributed by atoms with Crippen LogP contribution in [0.1, 0.15) is 39.3 Å². The first kappa shape index (κ1) is 28.0. The van der Waals surface area contributed by atoms with Crippen molar-refractivity contribution >= 4 is 17.7 Å². The summed E-state index contributed by atoms with van der Waals surface area (Å²) in [5.74, 6) is 0.628. The molecule has 3 aliphatic heterocycles. The number of methoxy groups -OCH3 is 1. The molecule has 4 heterocycles. The van der Waals surface area contributed by atoms with E-state index in [9.17, 15) is 14.4 Å². The van der Waals surface area contributed by atoms with Gasteiger partial charge in [-0.1, -0.05) is 12.1 Å². The van der Waals surface area contributed by atoms with Gasteiger partial charge in [0.1, 0.15) is 11.9 Å². The first-order valence-corrected chi connectivity index (χ1v) is 13.6. The number of carbonyl (C=O) groups excluding carboxylic acids is 3. The fraction of sp³-hybridized carbons (Fsp3) is 0.400. The van der Waals surface area contributed by atoms with E-state index in [1.165, 1.54) is 7.11 Å². The standard InChI is InChI=1S/C30H35N5O6/c1-18-23(19(2)34(3)33-18)10-12-29(37)35-15-24-27(16-35)41-22-8-5-20(6-9-22)14-31-28(36)17-40-26-13-21(30(38)32-24)7-11-25(26)39-4/h5-9,11,13,24,27H,10,12,14-17H2,1-4H3,(H,31,36)(H,32,38)/t24-,27-/m0/s1. The fourth-order valence-electron chi connectivity index (χ4n) is 5.24. The highest BCUT2D eigenvalue weighted by atomic mass is 16.5. The van der Waals surface area contributed by atoms with Gasteiger partial charge in [-0.25, -0.2) is 0 Å². The van der Waals surface area contributed by atoms with Crippen LogP contribution in [0.25, 0.3) is 0 Å². The number of ether oxygens (including phenoxy) is 3. The molecule has 4 bridgehead atoms. The maximum absolute atomic E-state index is 13.4. The lowest BCUT2D eigenvalue weighted by atomic mass is 10.1. The summed E-state index contributed by atoms with van der Waals surface area (Å²) in [4.78, 5) is 40.8. The Morgan fingerprint density at radius 1 is 1.12 bits per heavy atom. The number of hydrogen-bond acceptors (Lipinski definition) is 7. The van der Waals surface area contributed by atoms with Gasteiger partial charge in [0.2, 0.25) is 5.91 Å².